The number of carbonyl (C=O) groups excluding carboxylic acids is 2. The summed E-state index contributed by atoms with van der Waals surface area (Å²) in [6, 6.07) is 8.31. The average molecular weight is 332 g/mol. The van der Waals surface area contributed by atoms with Crippen molar-refractivity contribution in [2.45, 2.75) is 45.1 Å². The Labute approximate surface area is 144 Å². The minimum absolute atomic E-state index is 0.0617. The molecule has 5 heteroatoms. The van der Waals surface area contributed by atoms with Crippen molar-refractivity contribution in [2.75, 3.05) is 26.8 Å². The van der Waals surface area contributed by atoms with Crippen molar-refractivity contribution in [1.82, 2.24) is 10.2 Å². The molecular formula is C19H28N2O3. The van der Waals surface area contributed by atoms with Crippen LogP contribution in [0, 0.1) is 6.92 Å². The standard InChI is InChI=1S/C19H28N2O3/c1-15-5-7-16(8-6-15)10-13-21-17(22)9-11-19(21,2)18(23)20-12-4-14-24-3/h5-8H,4,9-14H2,1-3H3,(H,20,23). The Balaban J connectivity index is 1.96. The number of carbonyl (C=O) groups is 2. The highest BCUT2D eigenvalue weighted by Gasteiger charge is 2.46. The molecule has 1 aromatic carbocycles. The van der Waals surface area contributed by atoms with Crippen LogP contribution in [-0.4, -0.2) is 49.1 Å². The maximum atomic E-state index is 12.6. The molecule has 0 aromatic heterocycles. The molecule has 1 unspecified atom stereocenters. The number of likely N-dealkylation sites (tertiary alicyclic amines) is 1. The second kappa shape index (κ2) is 8.29. The summed E-state index contributed by atoms with van der Waals surface area (Å²) in [6.07, 6.45) is 2.56. The van der Waals surface area contributed by atoms with Gasteiger partial charge in [-0.05, 0) is 38.7 Å². The molecule has 1 heterocycles. The van der Waals surface area contributed by atoms with E-state index in [1.807, 2.05) is 6.92 Å². The number of aryl methyl sites for hydroxylation is 1. The van der Waals surface area contributed by atoms with Crippen LogP contribution in [-0.2, 0) is 20.7 Å². The second-order valence-electron chi connectivity index (χ2n) is 6.66. The van der Waals surface area contributed by atoms with Gasteiger partial charge in [-0.1, -0.05) is 29.8 Å². The Morgan fingerprint density at radius 2 is 2.04 bits per heavy atom. The van der Waals surface area contributed by atoms with E-state index in [0.29, 0.717) is 32.5 Å². The van der Waals surface area contributed by atoms with Crippen LogP contribution in [0.5, 0.6) is 0 Å². The molecule has 1 aliphatic heterocycles. The molecule has 5 nitrogen and oxygen atoms in total. The fourth-order valence-corrected chi connectivity index (χ4v) is 3.11. The molecule has 2 rings (SSSR count). The van der Waals surface area contributed by atoms with Crippen molar-refractivity contribution in [3.05, 3.63) is 35.4 Å². The Kier molecular flexibility index (Phi) is 6.37. The summed E-state index contributed by atoms with van der Waals surface area (Å²) in [5.41, 5.74) is 1.66. The fourth-order valence-electron chi connectivity index (χ4n) is 3.11. The van der Waals surface area contributed by atoms with Gasteiger partial charge in [-0.15, -0.1) is 0 Å². The summed E-state index contributed by atoms with van der Waals surface area (Å²) < 4.78 is 4.99. The van der Waals surface area contributed by atoms with Gasteiger partial charge in [0.25, 0.3) is 0 Å². The monoisotopic (exact) mass is 332 g/mol. The predicted octanol–water partition coefficient (Wildman–Crippen LogP) is 2.07. The van der Waals surface area contributed by atoms with Gasteiger partial charge in [0.1, 0.15) is 5.54 Å². The number of hydrogen-bond acceptors (Lipinski definition) is 3. The first kappa shape index (κ1) is 18.5. The molecule has 0 radical (unpaired) electrons. The quantitative estimate of drug-likeness (QED) is 0.742. The van der Waals surface area contributed by atoms with Crippen LogP contribution in [0.4, 0.5) is 0 Å². The Hall–Kier alpha value is -1.88. The summed E-state index contributed by atoms with van der Waals surface area (Å²) in [4.78, 5) is 26.6. The van der Waals surface area contributed by atoms with Gasteiger partial charge in [0, 0.05) is 33.2 Å². The van der Waals surface area contributed by atoms with Crippen LogP contribution >= 0.6 is 0 Å². The molecular weight excluding hydrogens is 304 g/mol. The lowest BCUT2D eigenvalue weighted by molar-refractivity contribution is -0.140. The van der Waals surface area contributed by atoms with Gasteiger partial charge in [0.15, 0.2) is 0 Å². The maximum absolute atomic E-state index is 12.6. The first-order chi connectivity index (χ1) is 11.5. The Morgan fingerprint density at radius 3 is 2.71 bits per heavy atom. The number of nitrogens with one attached hydrogen (secondary N) is 1. The highest BCUT2D eigenvalue weighted by atomic mass is 16.5. The highest BCUT2D eigenvalue weighted by molar-refractivity contribution is 5.94. The second-order valence-corrected chi connectivity index (χ2v) is 6.66. The lowest BCUT2D eigenvalue weighted by Crippen LogP contribution is -2.55. The Bertz CT molecular complexity index is 570. The van der Waals surface area contributed by atoms with Gasteiger partial charge in [-0.2, -0.15) is 0 Å². The van der Waals surface area contributed by atoms with E-state index in [-0.39, 0.29) is 11.8 Å². The third-order valence-corrected chi connectivity index (χ3v) is 4.77. The first-order valence-corrected chi connectivity index (χ1v) is 8.60. The summed E-state index contributed by atoms with van der Waals surface area (Å²) in [6.45, 7) is 5.69. The SMILES string of the molecule is COCCCNC(=O)C1(C)CCC(=O)N1CCc1ccc(C)cc1. The zero-order valence-electron chi connectivity index (χ0n) is 14.9. The minimum atomic E-state index is -0.741. The number of amides is 2. The third kappa shape index (κ3) is 4.35. The van der Waals surface area contributed by atoms with Crippen molar-refractivity contribution in [2.24, 2.45) is 0 Å². The lowest BCUT2D eigenvalue weighted by atomic mass is 9.97. The smallest absolute Gasteiger partial charge is 0.245 e. The zero-order chi connectivity index (χ0) is 17.6. The normalized spacial score (nSPS) is 20.5. The zero-order valence-corrected chi connectivity index (χ0v) is 14.9. The van der Waals surface area contributed by atoms with E-state index in [4.69, 9.17) is 4.74 Å². The van der Waals surface area contributed by atoms with Crippen molar-refractivity contribution < 1.29 is 14.3 Å². The van der Waals surface area contributed by atoms with Crippen molar-refractivity contribution in [3.8, 4) is 0 Å². The first-order valence-electron chi connectivity index (χ1n) is 8.60. The van der Waals surface area contributed by atoms with Crippen LogP contribution in [0.3, 0.4) is 0 Å². The molecule has 1 fully saturated rings. The predicted molar refractivity (Wildman–Crippen MR) is 93.7 cm³/mol. The van der Waals surface area contributed by atoms with E-state index in [2.05, 4.69) is 36.5 Å². The summed E-state index contributed by atoms with van der Waals surface area (Å²) in [5.74, 6) is 0.00464. The summed E-state index contributed by atoms with van der Waals surface area (Å²) in [7, 11) is 1.64. The van der Waals surface area contributed by atoms with Gasteiger partial charge in [-0.25, -0.2) is 0 Å². The highest BCUT2D eigenvalue weighted by Crippen LogP contribution is 2.30. The van der Waals surface area contributed by atoms with Crippen LogP contribution in [0.1, 0.15) is 37.3 Å². The number of rotatable bonds is 8. The lowest BCUT2D eigenvalue weighted by Gasteiger charge is -2.34. The Morgan fingerprint density at radius 1 is 1.33 bits per heavy atom. The number of methoxy groups -OCH3 is 1. The van der Waals surface area contributed by atoms with E-state index < -0.39 is 5.54 Å². The average Bonchev–Trinajstić information content (AvgIpc) is 2.87. The van der Waals surface area contributed by atoms with Crippen molar-refractivity contribution in [1.29, 1.82) is 0 Å². The van der Waals surface area contributed by atoms with Crippen LogP contribution in [0.15, 0.2) is 24.3 Å². The van der Waals surface area contributed by atoms with E-state index in [9.17, 15) is 9.59 Å². The van der Waals surface area contributed by atoms with Crippen molar-refractivity contribution in [3.63, 3.8) is 0 Å². The molecule has 0 saturated carbocycles. The van der Waals surface area contributed by atoms with Gasteiger partial charge in [0.05, 0.1) is 0 Å². The molecule has 1 atom stereocenters. The molecule has 1 saturated heterocycles. The molecule has 0 aliphatic carbocycles. The van der Waals surface area contributed by atoms with Crippen LogP contribution in [0.25, 0.3) is 0 Å². The molecule has 1 N–H and O–H groups in total. The van der Waals surface area contributed by atoms with Gasteiger partial charge in [0.2, 0.25) is 11.8 Å². The molecule has 1 aromatic rings. The number of hydrogen-bond donors (Lipinski definition) is 1. The van der Waals surface area contributed by atoms with E-state index in [1.54, 1.807) is 12.0 Å². The third-order valence-electron chi connectivity index (χ3n) is 4.77. The molecule has 0 spiro atoms. The topological polar surface area (TPSA) is 58.6 Å². The van der Waals surface area contributed by atoms with Crippen LogP contribution < -0.4 is 5.32 Å². The number of ether oxygens (including phenoxy) is 1. The molecule has 132 valence electrons. The van der Waals surface area contributed by atoms with Crippen LogP contribution in [0.2, 0.25) is 0 Å². The number of nitrogens with zero attached hydrogens (tertiary/aromatic N) is 1. The van der Waals surface area contributed by atoms with Gasteiger partial charge < -0.3 is 15.0 Å². The van der Waals surface area contributed by atoms with Gasteiger partial charge >= 0.3 is 0 Å². The molecule has 1 aliphatic rings. The van der Waals surface area contributed by atoms with Gasteiger partial charge in [-0.3, -0.25) is 9.59 Å². The fraction of sp³-hybridized carbons (Fsp3) is 0.579. The number of benzene rings is 1. The van der Waals surface area contributed by atoms with E-state index in [0.717, 1.165) is 12.8 Å². The summed E-state index contributed by atoms with van der Waals surface area (Å²) >= 11 is 0. The minimum Gasteiger partial charge on any atom is -0.385 e. The van der Waals surface area contributed by atoms with Crippen molar-refractivity contribution >= 4 is 11.8 Å². The molecule has 24 heavy (non-hydrogen) atoms. The largest absolute Gasteiger partial charge is 0.385 e. The molecule has 0 bridgehead atoms. The van der Waals surface area contributed by atoms with E-state index >= 15 is 0 Å². The summed E-state index contributed by atoms with van der Waals surface area (Å²) in [5, 5.41) is 2.94. The van der Waals surface area contributed by atoms with E-state index in [1.165, 1.54) is 11.1 Å². The maximum Gasteiger partial charge on any atom is 0.245 e. The molecule has 2 amide bonds.